The Morgan fingerprint density at radius 3 is 2.64 bits per heavy atom. The van der Waals surface area contributed by atoms with Crippen molar-refractivity contribution in [3.05, 3.63) is 45.9 Å². The van der Waals surface area contributed by atoms with E-state index in [-0.39, 0.29) is 18.0 Å². The predicted octanol–water partition coefficient (Wildman–Crippen LogP) is 2.38. The highest BCUT2D eigenvalue weighted by Gasteiger charge is 2.23. The Hall–Kier alpha value is -2.45. The zero-order valence-corrected chi connectivity index (χ0v) is 14.7. The van der Waals surface area contributed by atoms with Crippen molar-refractivity contribution in [2.75, 3.05) is 5.32 Å². The molecule has 5 N–H and O–H groups in total. The van der Waals surface area contributed by atoms with Crippen LogP contribution in [0.2, 0.25) is 0 Å². The molecule has 0 aliphatic heterocycles. The summed E-state index contributed by atoms with van der Waals surface area (Å²) in [6.45, 7) is 2.23. The number of nitrogens with one attached hydrogen (secondary N) is 3. The van der Waals surface area contributed by atoms with Crippen LogP contribution < -0.4 is 21.7 Å². The van der Waals surface area contributed by atoms with E-state index in [0.29, 0.717) is 24.0 Å². The van der Waals surface area contributed by atoms with Crippen molar-refractivity contribution in [1.82, 2.24) is 15.6 Å². The van der Waals surface area contributed by atoms with Crippen molar-refractivity contribution in [3.63, 3.8) is 0 Å². The molecule has 0 bridgehead atoms. The number of carbonyl (C=O) groups excluding carboxylic acids is 2. The number of nitrogens with zero attached hydrogens (tertiary/aromatic N) is 1. The van der Waals surface area contributed by atoms with Crippen LogP contribution in [0.5, 0.6) is 0 Å². The monoisotopic (exact) mass is 359 g/mol. The molecular weight excluding hydrogens is 338 g/mol. The van der Waals surface area contributed by atoms with E-state index in [2.05, 4.69) is 20.9 Å². The van der Waals surface area contributed by atoms with Gasteiger partial charge in [0.1, 0.15) is 10.7 Å². The summed E-state index contributed by atoms with van der Waals surface area (Å²) in [6, 6.07) is 7.36. The molecule has 3 rings (SSSR count). The van der Waals surface area contributed by atoms with Crippen LogP contribution >= 0.6 is 11.3 Å². The zero-order chi connectivity index (χ0) is 17.8. The molecule has 1 saturated carbocycles. The number of rotatable bonds is 6. The smallest absolute Gasteiger partial charge is 0.319 e. The Balaban J connectivity index is 1.55. The summed E-state index contributed by atoms with van der Waals surface area (Å²) < 4.78 is 0. The lowest BCUT2D eigenvalue weighted by molar-refractivity contribution is 0.0935. The molecule has 1 aliphatic rings. The van der Waals surface area contributed by atoms with Crippen molar-refractivity contribution in [3.8, 4) is 0 Å². The molecule has 2 aromatic rings. The maximum absolute atomic E-state index is 12.2. The first-order valence-electron chi connectivity index (χ1n) is 8.18. The number of hydrogen-bond acceptors (Lipinski definition) is 5. The fourth-order valence-corrected chi connectivity index (χ4v) is 2.95. The molecule has 1 unspecified atom stereocenters. The second kappa shape index (κ2) is 7.62. The Morgan fingerprint density at radius 1 is 1.32 bits per heavy atom. The van der Waals surface area contributed by atoms with Crippen LogP contribution in [0.15, 0.2) is 29.6 Å². The Bertz CT molecular complexity index is 755. The fraction of sp³-hybridized carbons (Fsp3) is 0.353. The molecule has 0 saturated heterocycles. The van der Waals surface area contributed by atoms with E-state index >= 15 is 0 Å². The molecule has 132 valence electrons. The van der Waals surface area contributed by atoms with Crippen LogP contribution in [0.3, 0.4) is 0 Å². The summed E-state index contributed by atoms with van der Waals surface area (Å²) in [5.41, 5.74) is 7.55. The number of urea groups is 1. The van der Waals surface area contributed by atoms with Gasteiger partial charge >= 0.3 is 6.03 Å². The second-order valence-corrected chi connectivity index (χ2v) is 6.96. The molecule has 0 radical (unpaired) electrons. The molecule has 0 spiro atoms. The number of nitrogens with two attached hydrogens (primary N) is 1. The number of carbonyl (C=O) groups is 2. The molecule has 1 aromatic carbocycles. The minimum absolute atomic E-state index is 0.176. The van der Waals surface area contributed by atoms with Gasteiger partial charge in [0.15, 0.2) is 0 Å². The summed E-state index contributed by atoms with van der Waals surface area (Å²) in [5, 5.41) is 11.0. The summed E-state index contributed by atoms with van der Waals surface area (Å²) in [5.74, 6) is -0.227. The first-order chi connectivity index (χ1) is 12.0. The molecule has 1 atom stereocenters. The van der Waals surface area contributed by atoms with E-state index in [0.717, 1.165) is 23.4 Å². The molecule has 1 aliphatic carbocycles. The Kier molecular flexibility index (Phi) is 5.30. The fourth-order valence-electron chi connectivity index (χ4n) is 2.30. The average molecular weight is 359 g/mol. The Labute approximate surface area is 150 Å². The SMILES string of the molecule is CC(NC(=O)c1csc(CN)n1)c1ccc(NC(=O)NC2CC2)cc1. The maximum atomic E-state index is 12.2. The molecule has 25 heavy (non-hydrogen) atoms. The van der Waals surface area contributed by atoms with Crippen LogP contribution in [0, 0.1) is 0 Å². The third-order valence-corrected chi connectivity index (χ3v) is 4.76. The first-order valence-corrected chi connectivity index (χ1v) is 9.06. The largest absolute Gasteiger partial charge is 0.344 e. The van der Waals surface area contributed by atoms with Crippen LogP contribution in [-0.2, 0) is 6.54 Å². The van der Waals surface area contributed by atoms with Gasteiger partial charge < -0.3 is 21.7 Å². The maximum Gasteiger partial charge on any atom is 0.319 e. The highest BCUT2D eigenvalue weighted by atomic mass is 32.1. The normalized spacial score (nSPS) is 14.6. The average Bonchev–Trinajstić information content (AvgIpc) is 3.27. The van der Waals surface area contributed by atoms with Crippen molar-refractivity contribution in [2.45, 2.75) is 38.4 Å². The van der Waals surface area contributed by atoms with Crippen LogP contribution in [0.25, 0.3) is 0 Å². The number of benzene rings is 1. The third kappa shape index (κ3) is 4.77. The van der Waals surface area contributed by atoms with Gasteiger partial charge in [-0.1, -0.05) is 12.1 Å². The van der Waals surface area contributed by atoms with Gasteiger partial charge in [-0.15, -0.1) is 11.3 Å². The van der Waals surface area contributed by atoms with Gasteiger partial charge in [-0.25, -0.2) is 9.78 Å². The quantitative estimate of drug-likeness (QED) is 0.635. The van der Waals surface area contributed by atoms with Gasteiger partial charge in [0.25, 0.3) is 5.91 Å². The first kappa shape index (κ1) is 17.4. The summed E-state index contributed by atoms with van der Waals surface area (Å²) in [7, 11) is 0. The van der Waals surface area contributed by atoms with Gasteiger partial charge in [0, 0.05) is 23.7 Å². The third-order valence-electron chi connectivity index (χ3n) is 3.89. The van der Waals surface area contributed by atoms with E-state index in [1.54, 1.807) is 5.38 Å². The van der Waals surface area contributed by atoms with Gasteiger partial charge in [0.2, 0.25) is 0 Å². The van der Waals surface area contributed by atoms with Crippen LogP contribution in [-0.4, -0.2) is 23.0 Å². The van der Waals surface area contributed by atoms with Gasteiger partial charge in [-0.3, -0.25) is 4.79 Å². The number of hydrogen-bond donors (Lipinski definition) is 4. The molecule has 1 fully saturated rings. The number of aromatic nitrogens is 1. The lowest BCUT2D eigenvalue weighted by atomic mass is 10.1. The van der Waals surface area contributed by atoms with E-state index in [1.165, 1.54) is 11.3 Å². The molecular formula is C17H21N5O2S. The minimum Gasteiger partial charge on any atom is -0.344 e. The summed E-state index contributed by atoms with van der Waals surface area (Å²) >= 11 is 1.37. The number of anilines is 1. The predicted molar refractivity (Wildman–Crippen MR) is 97.5 cm³/mol. The lowest BCUT2D eigenvalue weighted by Crippen LogP contribution is -2.30. The van der Waals surface area contributed by atoms with Crippen molar-refractivity contribution >= 4 is 29.0 Å². The standard InChI is InChI=1S/C17H21N5O2S/c1-10(19-16(23)14-9-25-15(8-18)22-14)11-2-4-12(5-3-11)20-17(24)21-13-6-7-13/h2-5,9-10,13H,6-8,18H2,1H3,(H,19,23)(H2,20,21,24). The minimum atomic E-state index is -0.227. The zero-order valence-electron chi connectivity index (χ0n) is 13.9. The van der Waals surface area contributed by atoms with Crippen LogP contribution in [0.4, 0.5) is 10.5 Å². The van der Waals surface area contributed by atoms with Crippen LogP contribution in [0.1, 0.15) is 46.9 Å². The summed E-state index contributed by atoms with van der Waals surface area (Å²) in [6.07, 6.45) is 2.10. The molecule has 7 nitrogen and oxygen atoms in total. The van der Waals surface area contributed by atoms with E-state index in [1.807, 2.05) is 31.2 Å². The van der Waals surface area contributed by atoms with E-state index in [4.69, 9.17) is 5.73 Å². The lowest BCUT2D eigenvalue weighted by Gasteiger charge is -2.14. The highest BCUT2D eigenvalue weighted by Crippen LogP contribution is 2.20. The van der Waals surface area contributed by atoms with Crippen molar-refractivity contribution < 1.29 is 9.59 Å². The number of thiazole rings is 1. The Morgan fingerprint density at radius 2 is 2.04 bits per heavy atom. The number of amides is 3. The van der Waals surface area contributed by atoms with Gasteiger partial charge in [-0.05, 0) is 37.5 Å². The van der Waals surface area contributed by atoms with Gasteiger partial charge in [-0.2, -0.15) is 0 Å². The molecule has 1 heterocycles. The van der Waals surface area contributed by atoms with E-state index < -0.39 is 0 Å². The second-order valence-electron chi connectivity index (χ2n) is 6.02. The highest BCUT2D eigenvalue weighted by molar-refractivity contribution is 7.09. The van der Waals surface area contributed by atoms with Crippen molar-refractivity contribution in [1.29, 1.82) is 0 Å². The van der Waals surface area contributed by atoms with Gasteiger partial charge in [0.05, 0.1) is 6.04 Å². The van der Waals surface area contributed by atoms with E-state index in [9.17, 15) is 9.59 Å². The van der Waals surface area contributed by atoms with Crippen molar-refractivity contribution in [2.24, 2.45) is 5.73 Å². The topological polar surface area (TPSA) is 109 Å². The molecule has 1 aromatic heterocycles. The summed E-state index contributed by atoms with van der Waals surface area (Å²) in [4.78, 5) is 28.1. The molecule has 3 amide bonds. The molecule has 8 heteroatoms.